The van der Waals surface area contributed by atoms with E-state index in [1.807, 2.05) is 0 Å². The van der Waals surface area contributed by atoms with Crippen LogP contribution in [0.5, 0.6) is 5.75 Å². The molecule has 4 aliphatic rings. The maximum atomic E-state index is 13.7. The SMILES string of the molecule is COc1cccc2c1C(=O)C1=C(O)C3C(C[C@@](O)(C(=O)CO)C[C@@H]3O[C@H]3C[C@H](N)[C@H](O)[C@H](C)O3)C(O)=C1C2=O. The van der Waals surface area contributed by atoms with Crippen LogP contribution in [-0.4, -0.2) is 92.8 Å². The van der Waals surface area contributed by atoms with Gasteiger partial charge in [-0.15, -0.1) is 0 Å². The highest BCUT2D eigenvalue weighted by atomic mass is 16.7. The number of fused-ring (bicyclic) bond motifs is 3. The van der Waals surface area contributed by atoms with Gasteiger partial charge < -0.3 is 45.5 Å². The standard InChI is InChI=1S/C27H31NO11/c1-10-22(31)13(28)6-17(38-10)39-15-8-27(36,16(30)9-29)7-12-19(15)26(35)21-20(24(12)33)23(32)11-4-3-5-14(37-2)18(11)25(21)34/h3-5,10,12-13,15,17,19,22,29,31,33,35-36H,6-9,28H2,1-2H3/t10-,12?,13-,15-,17-,19?,22+,27-/m0/s1. The predicted molar refractivity (Wildman–Crippen MR) is 132 cm³/mol. The first-order valence-electron chi connectivity index (χ1n) is 12.7. The van der Waals surface area contributed by atoms with Crippen LogP contribution >= 0.6 is 0 Å². The molecule has 1 saturated heterocycles. The van der Waals surface area contributed by atoms with Gasteiger partial charge in [0.15, 0.2) is 17.9 Å². The molecule has 2 fully saturated rings. The van der Waals surface area contributed by atoms with Crippen LogP contribution < -0.4 is 10.5 Å². The number of aliphatic hydroxyl groups excluding tert-OH is 4. The van der Waals surface area contributed by atoms with E-state index in [-0.39, 0.29) is 23.3 Å². The van der Waals surface area contributed by atoms with Gasteiger partial charge in [0, 0.05) is 30.4 Å². The highest BCUT2D eigenvalue weighted by Gasteiger charge is 2.57. The molecule has 1 aliphatic heterocycles. The second-order valence-corrected chi connectivity index (χ2v) is 10.6. The van der Waals surface area contributed by atoms with Crippen molar-refractivity contribution in [3.05, 3.63) is 52.0 Å². The largest absolute Gasteiger partial charge is 0.511 e. The molecule has 1 saturated carbocycles. The Kier molecular flexibility index (Phi) is 6.90. The molecule has 0 spiro atoms. The molecule has 3 aliphatic carbocycles. The summed E-state index contributed by atoms with van der Waals surface area (Å²) in [5.74, 6) is -5.79. The van der Waals surface area contributed by atoms with Crippen molar-refractivity contribution in [3.8, 4) is 5.75 Å². The van der Waals surface area contributed by atoms with Crippen LogP contribution in [0, 0.1) is 11.8 Å². The molecule has 2 unspecified atom stereocenters. The summed E-state index contributed by atoms with van der Waals surface area (Å²) in [6, 6.07) is 3.69. The van der Waals surface area contributed by atoms with E-state index in [2.05, 4.69) is 0 Å². The van der Waals surface area contributed by atoms with Crippen LogP contribution in [0.25, 0.3) is 0 Å². The van der Waals surface area contributed by atoms with E-state index in [0.29, 0.717) is 0 Å². The third kappa shape index (κ3) is 4.19. The zero-order chi connectivity index (χ0) is 28.4. The van der Waals surface area contributed by atoms with Crippen molar-refractivity contribution < 1.29 is 54.1 Å². The van der Waals surface area contributed by atoms with Crippen LogP contribution in [-0.2, 0) is 14.3 Å². The summed E-state index contributed by atoms with van der Waals surface area (Å²) in [6.07, 6.45) is -4.74. The second kappa shape index (κ2) is 9.81. The average molecular weight is 546 g/mol. The first kappa shape index (κ1) is 27.4. The number of ketones is 3. The summed E-state index contributed by atoms with van der Waals surface area (Å²) in [6.45, 7) is 0.594. The summed E-state index contributed by atoms with van der Waals surface area (Å²) in [5.41, 5.74) is 2.91. The molecule has 8 atom stereocenters. The minimum absolute atomic E-state index is 0.0293. The fraction of sp³-hybridized carbons (Fsp3) is 0.519. The Bertz CT molecular complexity index is 1290. The van der Waals surface area contributed by atoms with Crippen LogP contribution in [0.15, 0.2) is 40.9 Å². The number of carbonyl (C=O) groups is 3. The van der Waals surface area contributed by atoms with E-state index in [1.54, 1.807) is 6.92 Å². The van der Waals surface area contributed by atoms with Crippen LogP contribution in [0.4, 0.5) is 0 Å². The molecule has 12 heteroatoms. The summed E-state index contributed by atoms with van der Waals surface area (Å²) >= 11 is 0. The topological polar surface area (TPSA) is 206 Å². The Hall–Kier alpha value is -3.13. The lowest BCUT2D eigenvalue weighted by molar-refractivity contribution is -0.259. The maximum absolute atomic E-state index is 13.7. The molecule has 1 aromatic rings. The van der Waals surface area contributed by atoms with E-state index in [0.717, 1.165) is 0 Å². The quantitative estimate of drug-likeness (QED) is 0.294. The lowest BCUT2D eigenvalue weighted by Gasteiger charge is -2.48. The molecule has 39 heavy (non-hydrogen) atoms. The van der Waals surface area contributed by atoms with Gasteiger partial charge in [0.05, 0.1) is 48.0 Å². The van der Waals surface area contributed by atoms with Gasteiger partial charge in [-0.1, -0.05) is 12.1 Å². The lowest BCUT2D eigenvalue weighted by Crippen LogP contribution is -2.57. The van der Waals surface area contributed by atoms with E-state index < -0.39 is 108 Å². The van der Waals surface area contributed by atoms with Crippen molar-refractivity contribution >= 4 is 17.3 Å². The molecule has 1 heterocycles. The number of aliphatic hydroxyl groups is 5. The number of allylic oxidation sites excluding steroid dienone is 3. The van der Waals surface area contributed by atoms with Gasteiger partial charge in [-0.2, -0.15) is 0 Å². The minimum Gasteiger partial charge on any atom is -0.511 e. The van der Waals surface area contributed by atoms with Crippen molar-refractivity contribution in [2.45, 2.75) is 62.4 Å². The van der Waals surface area contributed by atoms with Gasteiger partial charge in [0.2, 0.25) is 5.78 Å². The number of hydrogen-bond acceptors (Lipinski definition) is 12. The van der Waals surface area contributed by atoms with E-state index in [9.17, 15) is 39.9 Å². The number of Topliss-reactive ketones (excluding diaryl/α,β-unsaturated/α-hetero) is 3. The number of methoxy groups -OCH3 is 1. The zero-order valence-corrected chi connectivity index (χ0v) is 21.4. The van der Waals surface area contributed by atoms with Gasteiger partial charge in [-0.3, -0.25) is 14.4 Å². The van der Waals surface area contributed by atoms with E-state index >= 15 is 0 Å². The Morgan fingerprint density at radius 1 is 1.15 bits per heavy atom. The molecular formula is C27H31NO11. The second-order valence-electron chi connectivity index (χ2n) is 10.6. The van der Waals surface area contributed by atoms with E-state index in [1.165, 1.54) is 25.3 Å². The number of hydrogen-bond donors (Lipinski definition) is 6. The highest BCUT2D eigenvalue weighted by molar-refractivity contribution is 6.32. The van der Waals surface area contributed by atoms with Gasteiger partial charge >= 0.3 is 0 Å². The predicted octanol–water partition coefficient (Wildman–Crippen LogP) is 0.239. The normalized spacial score (nSPS) is 36.3. The molecule has 210 valence electrons. The van der Waals surface area contributed by atoms with Gasteiger partial charge in [0.1, 0.15) is 29.5 Å². The molecule has 12 nitrogen and oxygen atoms in total. The van der Waals surface area contributed by atoms with Gasteiger partial charge in [-0.05, 0) is 19.4 Å². The lowest BCUT2D eigenvalue weighted by atomic mass is 9.62. The van der Waals surface area contributed by atoms with Crippen LogP contribution in [0.3, 0.4) is 0 Å². The Morgan fingerprint density at radius 2 is 1.85 bits per heavy atom. The van der Waals surface area contributed by atoms with Crippen molar-refractivity contribution in [1.29, 1.82) is 0 Å². The number of carbonyl (C=O) groups excluding carboxylic acids is 3. The highest BCUT2D eigenvalue weighted by Crippen LogP contribution is 2.52. The fourth-order valence-electron chi connectivity index (χ4n) is 6.25. The Morgan fingerprint density at radius 3 is 2.49 bits per heavy atom. The van der Waals surface area contributed by atoms with Crippen molar-refractivity contribution in [1.82, 2.24) is 0 Å². The van der Waals surface area contributed by atoms with Crippen molar-refractivity contribution in [2.75, 3.05) is 13.7 Å². The monoisotopic (exact) mass is 545 g/mol. The molecule has 0 amide bonds. The summed E-state index contributed by atoms with van der Waals surface area (Å²) in [5, 5.41) is 53.9. The average Bonchev–Trinajstić information content (AvgIpc) is 2.90. The smallest absolute Gasteiger partial charge is 0.201 e. The van der Waals surface area contributed by atoms with Crippen molar-refractivity contribution in [2.24, 2.45) is 17.6 Å². The van der Waals surface area contributed by atoms with Crippen LogP contribution in [0.2, 0.25) is 0 Å². The summed E-state index contributed by atoms with van der Waals surface area (Å²) < 4.78 is 17.1. The maximum Gasteiger partial charge on any atom is 0.201 e. The summed E-state index contributed by atoms with van der Waals surface area (Å²) in [7, 11) is 1.33. The molecule has 0 aromatic heterocycles. The van der Waals surface area contributed by atoms with Crippen molar-refractivity contribution in [3.63, 3.8) is 0 Å². The van der Waals surface area contributed by atoms with Gasteiger partial charge in [-0.25, -0.2) is 0 Å². The number of nitrogens with two attached hydrogens (primary N) is 1. The number of rotatable bonds is 5. The Balaban J connectivity index is 1.63. The molecule has 5 rings (SSSR count). The molecular weight excluding hydrogens is 514 g/mol. The number of benzene rings is 1. The fourth-order valence-corrected chi connectivity index (χ4v) is 6.25. The van der Waals surface area contributed by atoms with E-state index in [4.69, 9.17) is 19.9 Å². The Labute approximate surface area is 223 Å². The molecule has 7 N–H and O–H groups in total. The third-order valence-electron chi connectivity index (χ3n) is 8.27. The summed E-state index contributed by atoms with van der Waals surface area (Å²) in [4.78, 5) is 39.8. The first-order chi connectivity index (χ1) is 18.4. The third-order valence-corrected chi connectivity index (χ3v) is 8.27. The molecule has 1 aromatic carbocycles. The van der Waals surface area contributed by atoms with Gasteiger partial charge in [0.25, 0.3) is 0 Å². The van der Waals surface area contributed by atoms with Crippen LogP contribution in [0.1, 0.15) is 46.9 Å². The first-order valence-corrected chi connectivity index (χ1v) is 12.7. The molecule has 0 radical (unpaired) electrons. The molecule has 0 bridgehead atoms. The minimum atomic E-state index is -2.18. The number of ether oxygens (including phenoxy) is 3. The zero-order valence-electron chi connectivity index (χ0n) is 21.4.